The Hall–Kier alpha value is -2.77. The van der Waals surface area contributed by atoms with Crippen LogP contribution in [0.15, 0.2) is 29.8 Å². The summed E-state index contributed by atoms with van der Waals surface area (Å²) in [6, 6.07) is 5.40. The minimum atomic E-state index is -3.66. The van der Waals surface area contributed by atoms with E-state index < -0.39 is 22.6 Å². The number of benzene rings is 1. The molecule has 3 N–H and O–H groups in total. The van der Waals surface area contributed by atoms with E-state index in [2.05, 4.69) is 24.6 Å². The predicted molar refractivity (Wildman–Crippen MR) is 149 cm³/mol. The van der Waals surface area contributed by atoms with Crippen LogP contribution < -0.4 is 14.5 Å². The van der Waals surface area contributed by atoms with Crippen molar-refractivity contribution in [3.8, 4) is 22.1 Å². The number of imidazole rings is 1. The number of nitrogens with one attached hydrogen (secondary N) is 2. The van der Waals surface area contributed by atoms with Crippen LogP contribution in [0.4, 0.5) is 26.0 Å². The van der Waals surface area contributed by atoms with Gasteiger partial charge < -0.3 is 19.9 Å². The molecule has 2 saturated heterocycles. The van der Waals surface area contributed by atoms with Crippen molar-refractivity contribution < 1.29 is 22.3 Å². The van der Waals surface area contributed by atoms with Gasteiger partial charge in [-0.15, -0.1) is 11.3 Å². The molecule has 1 spiro atoms. The lowest BCUT2D eigenvalue weighted by molar-refractivity contribution is -0.0221. The molecule has 210 valence electrons. The van der Waals surface area contributed by atoms with Gasteiger partial charge >= 0.3 is 0 Å². The number of thiazole rings is 1. The molecule has 1 saturated carbocycles. The molecule has 1 aliphatic carbocycles. The van der Waals surface area contributed by atoms with Crippen LogP contribution in [0.3, 0.4) is 0 Å². The molecule has 2 aromatic heterocycles. The molecule has 39 heavy (non-hydrogen) atoms. The van der Waals surface area contributed by atoms with Gasteiger partial charge in [0.1, 0.15) is 16.6 Å². The van der Waals surface area contributed by atoms with Crippen LogP contribution in [0.25, 0.3) is 22.1 Å². The highest BCUT2D eigenvalue weighted by Gasteiger charge is 2.44. The third-order valence-electron chi connectivity index (χ3n) is 8.13. The number of rotatable bonds is 8. The van der Waals surface area contributed by atoms with Crippen LogP contribution in [0.1, 0.15) is 38.5 Å². The highest BCUT2D eigenvalue weighted by molar-refractivity contribution is 7.92. The molecule has 13 heteroatoms. The molecule has 1 aromatic carbocycles. The number of anilines is 3. The quantitative estimate of drug-likeness (QED) is 0.359. The summed E-state index contributed by atoms with van der Waals surface area (Å²) in [6.07, 6.45) is 6.18. The van der Waals surface area contributed by atoms with E-state index in [1.807, 2.05) is 22.4 Å². The monoisotopic (exact) mass is 578 g/mol. The summed E-state index contributed by atoms with van der Waals surface area (Å²) >= 11 is 1.44. The van der Waals surface area contributed by atoms with Gasteiger partial charge in [-0.1, -0.05) is 0 Å². The number of piperidine rings is 2. The smallest absolute Gasteiger partial charge is 0.251 e. The van der Waals surface area contributed by atoms with Gasteiger partial charge in [0.15, 0.2) is 0 Å². The Morgan fingerprint density at radius 3 is 2.46 bits per heavy atom. The lowest BCUT2D eigenvalue weighted by Gasteiger charge is -2.35. The van der Waals surface area contributed by atoms with Crippen molar-refractivity contribution >= 4 is 38.6 Å². The van der Waals surface area contributed by atoms with E-state index in [9.17, 15) is 17.2 Å². The zero-order chi connectivity index (χ0) is 27.3. The van der Waals surface area contributed by atoms with E-state index in [1.165, 1.54) is 24.2 Å². The van der Waals surface area contributed by atoms with Gasteiger partial charge in [0, 0.05) is 55.7 Å². The van der Waals surface area contributed by atoms with E-state index in [0.29, 0.717) is 22.7 Å². The summed E-state index contributed by atoms with van der Waals surface area (Å²) in [5, 5.41) is 11.7. The standard InChI is InChI=1S/C26H32F2N6O3S2/c27-26(28)7-11-34(12-8-26)22-17-38-24(31-22)20-16-29-23(30-20)19-2-1-18(32-39(36,37)14-13-35)15-21(19)33-9-5-25(3-4-25)6-10-33/h1-2,15-17,32,35H,3-14H2,(H,29,30). The first-order chi connectivity index (χ1) is 18.6. The van der Waals surface area contributed by atoms with Crippen LogP contribution in [0.2, 0.25) is 0 Å². The second-order valence-electron chi connectivity index (χ2n) is 10.9. The number of aromatic amines is 1. The minimum absolute atomic E-state index is 0.166. The number of aliphatic hydroxyl groups excluding tert-OH is 1. The van der Waals surface area contributed by atoms with E-state index in [0.717, 1.165) is 47.9 Å². The zero-order valence-corrected chi connectivity index (χ0v) is 23.1. The Labute approximate surface area is 230 Å². The van der Waals surface area contributed by atoms with Crippen LogP contribution >= 0.6 is 11.3 Å². The Morgan fingerprint density at radius 1 is 1.05 bits per heavy atom. The van der Waals surface area contributed by atoms with Crippen molar-refractivity contribution in [2.75, 3.05) is 53.1 Å². The molecular formula is C26H32F2N6O3S2. The number of hydrogen-bond donors (Lipinski definition) is 3. The first-order valence-corrected chi connectivity index (χ1v) is 15.8. The largest absolute Gasteiger partial charge is 0.395 e. The second kappa shape index (κ2) is 10.0. The van der Waals surface area contributed by atoms with Crippen molar-refractivity contribution in [2.45, 2.75) is 44.4 Å². The summed E-state index contributed by atoms with van der Waals surface area (Å²) in [7, 11) is -3.66. The molecule has 0 radical (unpaired) electrons. The summed E-state index contributed by atoms with van der Waals surface area (Å²) in [5.41, 5.74) is 3.41. The zero-order valence-electron chi connectivity index (χ0n) is 21.5. The maximum atomic E-state index is 13.6. The van der Waals surface area contributed by atoms with Crippen LogP contribution in [-0.4, -0.2) is 72.9 Å². The van der Waals surface area contributed by atoms with Gasteiger partial charge in [-0.05, 0) is 49.3 Å². The average Bonchev–Trinajstić information content (AvgIpc) is 3.28. The number of aromatic nitrogens is 3. The summed E-state index contributed by atoms with van der Waals surface area (Å²) in [4.78, 5) is 16.9. The number of alkyl halides is 2. The van der Waals surface area contributed by atoms with Gasteiger partial charge in [-0.25, -0.2) is 27.2 Å². The molecule has 4 heterocycles. The van der Waals surface area contributed by atoms with Crippen molar-refractivity contribution in [3.63, 3.8) is 0 Å². The van der Waals surface area contributed by atoms with E-state index in [4.69, 9.17) is 5.11 Å². The fourth-order valence-corrected chi connectivity index (χ4v) is 7.09. The predicted octanol–water partition coefficient (Wildman–Crippen LogP) is 4.55. The summed E-state index contributed by atoms with van der Waals surface area (Å²) < 4.78 is 54.3. The van der Waals surface area contributed by atoms with Gasteiger partial charge in [-0.2, -0.15) is 0 Å². The van der Waals surface area contributed by atoms with E-state index in [-0.39, 0.29) is 31.7 Å². The Bertz CT molecular complexity index is 1430. The maximum Gasteiger partial charge on any atom is 0.251 e. The topological polar surface area (TPSA) is 114 Å². The molecule has 6 rings (SSSR count). The third-order valence-corrected chi connectivity index (χ3v) is 10.3. The Kier molecular flexibility index (Phi) is 6.79. The van der Waals surface area contributed by atoms with Crippen molar-refractivity contribution in [2.24, 2.45) is 5.41 Å². The van der Waals surface area contributed by atoms with Crippen LogP contribution in [-0.2, 0) is 10.0 Å². The molecular weight excluding hydrogens is 546 g/mol. The SMILES string of the molecule is O=S(=O)(CCO)Nc1ccc(-c2ncc(-c3nc(N4CCC(F)(F)CC4)cs3)[nH]2)c(N2CCC3(CC2)CC3)c1. The molecule has 0 amide bonds. The normalized spacial score (nSPS) is 20.4. The number of nitrogens with zero attached hydrogens (tertiary/aromatic N) is 4. The summed E-state index contributed by atoms with van der Waals surface area (Å²) in [5.74, 6) is -1.63. The first kappa shape index (κ1) is 26.5. The number of hydrogen-bond acceptors (Lipinski definition) is 8. The van der Waals surface area contributed by atoms with E-state index >= 15 is 0 Å². The van der Waals surface area contributed by atoms with Gasteiger partial charge in [0.05, 0.1) is 29.9 Å². The van der Waals surface area contributed by atoms with E-state index in [1.54, 1.807) is 12.3 Å². The molecule has 9 nitrogen and oxygen atoms in total. The van der Waals surface area contributed by atoms with Crippen LogP contribution in [0.5, 0.6) is 0 Å². The molecule has 3 aromatic rings. The number of H-pyrrole nitrogens is 1. The lowest BCUT2D eigenvalue weighted by Crippen LogP contribution is -2.39. The molecule has 3 fully saturated rings. The fourth-order valence-electron chi connectivity index (χ4n) is 5.47. The van der Waals surface area contributed by atoms with Crippen molar-refractivity contribution in [3.05, 3.63) is 29.8 Å². The molecule has 0 bridgehead atoms. The van der Waals surface area contributed by atoms with Crippen molar-refractivity contribution in [1.82, 2.24) is 15.0 Å². The fraction of sp³-hybridized carbons (Fsp3) is 0.538. The van der Waals surface area contributed by atoms with Gasteiger partial charge in [0.2, 0.25) is 10.0 Å². The average molecular weight is 579 g/mol. The highest BCUT2D eigenvalue weighted by atomic mass is 32.2. The maximum absolute atomic E-state index is 13.6. The van der Waals surface area contributed by atoms with Gasteiger partial charge in [0.25, 0.3) is 5.92 Å². The molecule has 0 unspecified atom stereocenters. The molecule has 2 aliphatic heterocycles. The Morgan fingerprint density at radius 2 is 1.77 bits per heavy atom. The van der Waals surface area contributed by atoms with Crippen molar-refractivity contribution in [1.29, 1.82) is 0 Å². The molecule has 3 aliphatic rings. The lowest BCUT2D eigenvalue weighted by atomic mass is 9.93. The van der Waals surface area contributed by atoms with Gasteiger partial charge in [-0.3, -0.25) is 4.72 Å². The molecule has 0 atom stereocenters. The number of aliphatic hydroxyl groups is 1. The third kappa shape index (κ3) is 5.75. The number of sulfonamides is 1. The van der Waals surface area contributed by atoms with Crippen LogP contribution in [0, 0.1) is 5.41 Å². The Balaban J connectivity index is 1.26. The summed E-state index contributed by atoms with van der Waals surface area (Å²) in [6.45, 7) is 1.88. The highest BCUT2D eigenvalue weighted by Crippen LogP contribution is 2.54. The second-order valence-corrected chi connectivity index (χ2v) is 13.6. The minimum Gasteiger partial charge on any atom is -0.395 e. The number of halogens is 2. The first-order valence-electron chi connectivity index (χ1n) is 13.3.